The average molecular weight is 1630 g/mol. The Bertz CT molecular complexity index is 4170. The number of ether oxygens (including phenoxy) is 8. The smallest absolute Gasteiger partial charge is 0.340 e. The summed E-state index contributed by atoms with van der Waals surface area (Å²) in [6.07, 6.45) is 4.69. The molecule has 9 aromatic rings. The summed E-state index contributed by atoms with van der Waals surface area (Å²) < 4.78 is 48.9. The van der Waals surface area contributed by atoms with E-state index in [9.17, 15) is 19.5 Å². The Labute approximate surface area is 643 Å². The van der Waals surface area contributed by atoms with Crippen LogP contribution < -0.4 is 40.9 Å². The molecule has 549 valence electrons. The van der Waals surface area contributed by atoms with Crippen LogP contribution in [0.1, 0.15) is 175 Å². The van der Waals surface area contributed by atoms with E-state index in [1.54, 1.807) is 63.6 Å². The Hall–Kier alpha value is -5.41. The predicted octanol–water partition coefficient (Wildman–Crippen LogP) is 18.1. The van der Waals surface area contributed by atoms with E-state index in [-0.39, 0.29) is 5.97 Å². The third-order valence-electron chi connectivity index (χ3n) is 16.0. The Morgan fingerprint density at radius 1 is 0.529 bits per heavy atom. The predicted molar refractivity (Wildman–Crippen MR) is 421 cm³/mol. The summed E-state index contributed by atoms with van der Waals surface area (Å²) in [6.45, 7) is 32.1. The minimum absolute atomic E-state index is 0.297. The number of carboxylic acids is 1. The molecule has 0 saturated carbocycles. The molecule has 102 heavy (non-hydrogen) atoms. The van der Waals surface area contributed by atoms with Gasteiger partial charge in [-0.1, -0.05) is 35.9 Å². The molecular weight excluding hydrogens is 1530 g/mol. The van der Waals surface area contributed by atoms with Crippen molar-refractivity contribution >= 4 is 110 Å². The van der Waals surface area contributed by atoms with Crippen molar-refractivity contribution in [3.63, 3.8) is 0 Å². The van der Waals surface area contributed by atoms with Crippen LogP contribution in [-0.2, 0) is 57.3 Å². The van der Waals surface area contributed by atoms with Crippen LogP contribution in [0, 0.1) is 20.8 Å². The zero-order valence-electron chi connectivity index (χ0n) is 61.5. The van der Waals surface area contributed by atoms with Crippen LogP contribution >= 0.6 is 79.6 Å². The number of carboxylic acid groups (broad SMARTS) is 1. The molecule has 13 nitrogen and oxygen atoms in total. The van der Waals surface area contributed by atoms with Gasteiger partial charge in [-0.2, -0.15) is 34.0 Å². The second-order valence-corrected chi connectivity index (χ2v) is 36.7. The van der Waals surface area contributed by atoms with Crippen LogP contribution in [-0.4, -0.2) is 94.7 Å². The van der Waals surface area contributed by atoms with Crippen molar-refractivity contribution in [1.29, 1.82) is 0 Å². The fourth-order valence-corrected chi connectivity index (χ4v) is 18.9. The fourth-order valence-electron chi connectivity index (χ4n) is 11.9. The van der Waals surface area contributed by atoms with Crippen LogP contribution in [0.15, 0.2) is 105 Å². The van der Waals surface area contributed by atoms with Gasteiger partial charge in [-0.25, -0.2) is 14.4 Å². The summed E-state index contributed by atoms with van der Waals surface area (Å²) in [5.74, 6) is 1.10. The first-order chi connectivity index (χ1) is 48.6. The van der Waals surface area contributed by atoms with E-state index in [0.717, 1.165) is 174 Å². The van der Waals surface area contributed by atoms with Crippen molar-refractivity contribution in [3.05, 3.63) is 157 Å². The van der Waals surface area contributed by atoms with Gasteiger partial charge in [-0.05, 0) is 255 Å². The van der Waals surface area contributed by atoms with Crippen LogP contribution in [0.25, 0.3) is 54.3 Å². The minimum Gasteiger partial charge on any atom is -0.493 e. The Balaban J connectivity index is 0.000000179. The second kappa shape index (κ2) is 38.2. The number of carbonyl (C=O) groups excluding carboxylic acids is 2. The van der Waals surface area contributed by atoms with Gasteiger partial charge < -0.3 is 48.0 Å². The minimum atomic E-state index is -1.03. The van der Waals surface area contributed by atoms with E-state index in [1.165, 1.54) is 38.9 Å². The molecule has 0 spiro atoms. The normalized spacial score (nSPS) is 14.1. The summed E-state index contributed by atoms with van der Waals surface area (Å²) in [5.41, 5.74) is 13.5. The number of hydrogen-bond acceptors (Lipinski definition) is 18. The van der Waals surface area contributed by atoms with Gasteiger partial charge >= 0.3 is 69.3 Å². The number of hydrogen-bond donors (Lipinski definition) is 2. The molecule has 3 aliphatic rings. The summed E-state index contributed by atoms with van der Waals surface area (Å²) >= 11 is 16.9. The number of fused-ring (bicyclic) bond motifs is 3. The molecule has 3 aromatic carbocycles. The largest absolute Gasteiger partial charge is 0.493 e. The first-order valence-electron chi connectivity index (χ1n) is 34.5. The number of halogens is 2. The Morgan fingerprint density at radius 3 is 1.23 bits per heavy atom. The van der Waals surface area contributed by atoms with Crippen molar-refractivity contribution in [1.82, 2.24) is 0 Å². The van der Waals surface area contributed by atoms with E-state index < -0.39 is 47.1 Å². The van der Waals surface area contributed by atoms with Crippen LogP contribution in [0.3, 0.4) is 0 Å². The molecule has 0 amide bonds. The maximum Gasteiger partial charge on any atom is 0.340 e. The number of carbonyl (C=O) groups is 3. The van der Waals surface area contributed by atoms with Crippen molar-refractivity contribution in [2.75, 3.05) is 42.4 Å². The Morgan fingerprint density at radius 2 is 0.902 bits per heavy atom. The summed E-state index contributed by atoms with van der Waals surface area (Å²) in [7, 11) is 1.09. The molecule has 0 aliphatic carbocycles. The third kappa shape index (κ3) is 22.3. The number of rotatable bonds is 19. The molecule has 3 atom stereocenters. The molecule has 1 radical (unpaired) electrons. The molecule has 12 rings (SSSR count). The van der Waals surface area contributed by atoms with Crippen molar-refractivity contribution in [2.24, 2.45) is 0 Å². The van der Waals surface area contributed by atoms with Gasteiger partial charge in [0.1, 0.15) is 21.6 Å². The number of thiophene rings is 6. The second-order valence-electron chi connectivity index (χ2n) is 27.4. The molecule has 0 fully saturated rings. The molecule has 3 aliphatic heterocycles. The molecule has 22 heteroatoms. The van der Waals surface area contributed by atoms with Gasteiger partial charge in [0.2, 0.25) is 0 Å². The van der Waals surface area contributed by atoms with Gasteiger partial charge in [-0.15, -0.1) is 34.0 Å². The van der Waals surface area contributed by atoms with E-state index in [0.29, 0.717) is 38.8 Å². The van der Waals surface area contributed by atoms with Crippen molar-refractivity contribution in [2.45, 2.75) is 184 Å². The third-order valence-corrected chi connectivity index (χ3v) is 23.9. The number of benzene rings is 3. The SMILES string of the molecule is CCC[I-]C.CCOC(=O)C(OC(C)(C)C)c1c(C)sc(-c2ccsc2)c1-c1ccc2c(c1)CCCO2.CCOC(=O)C(OC(C)(C)C)c1c(C)sc(Cl)c1-c1ccc2c(c1)CCCO2.Cc1sc(-c2ccsc2)c(-c2ccc3c(c2)CCCO3)c1C(OC(C)(C)C)C(=O)O.O[B]c1ccsc1. The number of aryl methyl sites for hydroxylation is 6. The fraction of sp³-hybridized carbons (Fsp3) is 0.438. The number of aliphatic carboxylic acids is 1. The molecular formula is C80H97BClIO13S6-. The maximum atomic E-state index is 13.1. The van der Waals surface area contributed by atoms with Crippen LogP contribution in [0.5, 0.6) is 17.2 Å². The first kappa shape index (κ1) is 82.3. The molecule has 3 unspecified atom stereocenters. The van der Waals surface area contributed by atoms with Gasteiger partial charge in [-0.3, -0.25) is 0 Å². The zero-order chi connectivity index (χ0) is 74.1. The molecule has 9 heterocycles. The van der Waals surface area contributed by atoms with Gasteiger partial charge in [0.15, 0.2) is 18.3 Å². The van der Waals surface area contributed by atoms with Crippen molar-refractivity contribution < 1.29 is 83.6 Å². The van der Waals surface area contributed by atoms with E-state index in [4.69, 9.17) is 54.5 Å². The van der Waals surface area contributed by atoms with E-state index >= 15 is 0 Å². The zero-order valence-corrected chi connectivity index (χ0v) is 69.3. The van der Waals surface area contributed by atoms with Crippen molar-refractivity contribution in [3.8, 4) is 71.5 Å². The van der Waals surface area contributed by atoms with E-state index in [2.05, 4.69) is 82.8 Å². The van der Waals surface area contributed by atoms with Crippen LogP contribution in [0.4, 0.5) is 0 Å². The van der Waals surface area contributed by atoms with Gasteiger partial charge in [0.05, 0.1) is 49.8 Å². The van der Waals surface area contributed by atoms with Gasteiger partial charge in [0.25, 0.3) is 0 Å². The van der Waals surface area contributed by atoms with Gasteiger partial charge in [0, 0.05) is 68.9 Å². The Kier molecular flexibility index (Phi) is 30.8. The van der Waals surface area contributed by atoms with E-state index in [1.807, 2.05) is 124 Å². The summed E-state index contributed by atoms with van der Waals surface area (Å²) in [6, 6.07) is 24.8. The number of esters is 2. The monoisotopic (exact) mass is 1630 g/mol. The maximum absolute atomic E-state index is 13.1. The first-order valence-corrected chi connectivity index (χ1v) is 43.8. The average Bonchev–Trinajstić information content (AvgIpc) is 1.60. The summed E-state index contributed by atoms with van der Waals surface area (Å²) in [4.78, 5) is 45.8. The quantitative estimate of drug-likeness (QED) is 0.0340. The standard InChI is InChI=1S/C26H30O4S2.C24H26O4S2.C22H27ClO4S.C4H4BOS.C4H10I/c1-6-28-25(27)23(30-26(3,4)5)21-16(2)32-24(19-11-13-31-15-19)22(21)18-9-10-20-17(14-18)8-7-12-29-20;1-14-19(21(23(25)26)28-24(2,3)4)20(22(30-14)17-9-11-29-13-17)16-7-8-18-15(12-16)6-5-10-27-18;1-6-25-21(24)19(27-22(3,4)5)17-13(2)28-20(23)18(17)15-9-10-16-14(12-15)8-7-11-26-16;6-5-4-1-2-7-3-4;1-3-4-5-2/h9-11,13-15,23H,6-8,12H2,1-5H3;7-9,11-13,21H,5-6,10H2,1-4H3,(H,25,26);9-10,12,19H,6-8,11H2,1-5H3;1-3,6H;3-4H2,1-2H3/q;;;;-1. The molecule has 6 aromatic heterocycles. The topological polar surface area (TPSA) is 166 Å². The molecule has 0 saturated heterocycles. The van der Waals surface area contributed by atoms with Crippen LogP contribution in [0.2, 0.25) is 4.34 Å². The summed E-state index contributed by atoms with van der Waals surface area (Å²) in [5, 5.41) is 30.6. The molecule has 2 N–H and O–H groups in total. The molecule has 0 bridgehead atoms. The number of alkyl halides is 2.